The van der Waals surface area contributed by atoms with Crippen molar-refractivity contribution >= 4 is 17.5 Å². The van der Waals surface area contributed by atoms with Crippen molar-refractivity contribution in [2.24, 2.45) is 5.41 Å². The number of aromatic nitrogens is 3. The predicted octanol–water partition coefficient (Wildman–Crippen LogP) is 1.29. The lowest BCUT2D eigenvalue weighted by Gasteiger charge is -2.28. The number of fused-ring (bicyclic) bond motifs is 1. The summed E-state index contributed by atoms with van der Waals surface area (Å²) < 4.78 is 0. The Hall–Kier alpha value is -2.74. The third-order valence-corrected chi connectivity index (χ3v) is 4.39. The first-order chi connectivity index (χ1) is 12.2. The first-order valence-corrected chi connectivity index (χ1v) is 8.58. The molecule has 3 rings (SSSR count). The zero-order valence-electron chi connectivity index (χ0n) is 15.3. The van der Waals surface area contributed by atoms with Gasteiger partial charge in [0.05, 0.1) is 11.3 Å². The molecule has 0 aromatic carbocycles. The highest BCUT2D eigenvalue weighted by Crippen LogP contribution is 2.23. The summed E-state index contributed by atoms with van der Waals surface area (Å²) in [6.45, 7) is 7.43. The van der Waals surface area contributed by atoms with E-state index in [-0.39, 0.29) is 17.4 Å². The van der Waals surface area contributed by atoms with E-state index in [1.165, 1.54) is 0 Å². The molecular formula is C18H24N6O2. The Morgan fingerprint density at radius 3 is 2.92 bits per heavy atom. The molecule has 8 nitrogen and oxygen atoms in total. The Morgan fingerprint density at radius 2 is 2.19 bits per heavy atom. The number of rotatable bonds is 3. The van der Waals surface area contributed by atoms with Gasteiger partial charge in [0.2, 0.25) is 11.9 Å². The summed E-state index contributed by atoms with van der Waals surface area (Å²) in [6, 6.07) is 1.80. The average molecular weight is 356 g/mol. The number of amides is 1. The molecule has 1 aliphatic rings. The summed E-state index contributed by atoms with van der Waals surface area (Å²) in [4.78, 5) is 37.5. The lowest BCUT2D eigenvalue weighted by Crippen LogP contribution is -2.36. The maximum Gasteiger partial charge on any atom is 0.257 e. The molecule has 1 amide bonds. The Balaban J connectivity index is 1.78. The molecule has 1 aliphatic heterocycles. The average Bonchev–Trinajstić information content (AvgIpc) is 2.56. The fourth-order valence-electron chi connectivity index (χ4n) is 2.86. The van der Waals surface area contributed by atoms with E-state index in [0.717, 1.165) is 23.5 Å². The molecule has 138 valence electrons. The third kappa shape index (κ3) is 3.91. The minimum atomic E-state index is -0.483. The van der Waals surface area contributed by atoms with Crippen LogP contribution < -0.4 is 16.6 Å². The zero-order chi connectivity index (χ0) is 18.9. The number of aromatic amines is 1. The third-order valence-electron chi connectivity index (χ3n) is 4.39. The first-order valence-electron chi connectivity index (χ1n) is 8.58. The van der Waals surface area contributed by atoms with Crippen LogP contribution in [0, 0.1) is 5.41 Å². The number of H-pyrrole nitrogens is 1. The Bertz CT molecular complexity index is 884. The van der Waals surface area contributed by atoms with Crippen molar-refractivity contribution < 1.29 is 4.79 Å². The van der Waals surface area contributed by atoms with E-state index in [0.29, 0.717) is 25.1 Å². The van der Waals surface area contributed by atoms with E-state index >= 15 is 0 Å². The number of nitrogens with zero attached hydrogens (tertiary/aromatic N) is 3. The predicted molar refractivity (Wildman–Crippen MR) is 99.4 cm³/mol. The second-order valence-corrected chi connectivity index (χ2v) is 7.57. The molecule has 0 unspecified atom stereocenters. The molecule has 0 bridgehead atoms. The van der Waals surface area contributed by atoms with Crippen LogP contribution in [0.2, 0.25) is 0 Å². The van der Waals surface area contributed by atoms with Gasteiger partial charge in [-0.25, -0.2) is 4.98 Å². The SMILES string of the molecule is CC(C)(C)C(=O)Nc1ccncc1CN1CCc2nc(N)[nH]c(=O)c2C1. The largest absolute Gasteiger partial charge is 0.369 e. The molecule has 0 spiro atoms. The number of hydrogen-bond acceptors (Lipinski definition) is 6. The van der Waals surface area contributed by atoms with E-state index in [2.05, 4.69) is 25.2 Å². The number of nitrogen functional groups attached to an aromatic ring is 1. The monoisotopic (exact) mass is 356 g/mol. The summed E-state index contributed by atoms with van der Waals surface area (Å²) in [7, 11) is 0. The molecule has 0 fully saturated rings. The normalized spacial score (nSPS) is 14.7. The summed E-state index contributed by atoms with van der Waals surface area (Å²) >= 11 is 0. The van der Waals surface area contributed by atoms with Gasteiger partial charge in [0.15, 0.2) is 0 Å². The first kappa shape index (κ1) is 18.1. The number of pyridine rings is 1. The van der Waals surface area contributed by atoms with Crippen molar-refractivity contribution in [3.8, 4) is 0 Å². The highest BCUT2D eigenvalue weighted by molar-refractivity contribution is 5.95. The van der Waals surface area contributed by atoms with Crippen LogP contribution in [-0.4, -0.2) is 32.3 Å². The molecule has 8 heteroatoms. The van der Waals surface area contributed by atoms with Gasteiger partial charge in [-0.2, -0.15) is 0 Å². The van der Waals surface area contributed by atoms with Crippen LogP contribution in [0.15, 0.2) is 23.3 Å². The van der Waals surface area contributed by atoms with Crippen LogP contribution in [0.4, 0.5) is 11.6 Å². The van der Waals surface area contributed by atoms with Crippen molar-refractivity contribution in [3.05, 3.63) is 45.6 Å². The van der Waals surface area contributed by atoms with Crippen LogP contribution in [0.3, 0.4) is 0 Å². The smallest absolute Gasteiger partial charge is 0.257 e. The molecule has 4 N–H and O–H groups in total. The number of nitrogens with two attached hydrogens (primary N) is 1. The highest BCUT2D eigenvalue weighted by Gasteiger charge is 2.24. The molecule has 3 heterocycles. The number of carbonyl (C=O) groups excluding carboxylic acids is 1. The van der Waals surface area contributed by atoms with Crippen LogP contribution in [0.5, 0.6) is 0 Å². The Kier molecular flexibility index (Phi) is 4.78. The van der Waals surface area contributed by atoms with Crippen LogP contribution in [-0.2, 0) is 24.3 Å². The van der Waals surface area contributed by atoms with Crippen LogP contribution >= 0.6 is 0 Å². The van der Waals surface area contributed by atoms with E-state index < -0.39 is 5.41 Å². The van der Waals surface area contributed by atoms with Gasteiger partial charge in [-0.1, -0.05) is 20.8 Å². The molecular weight excluding hydrogens is 332 g/mol. The van der Waals surface area contributed by atoms with Gasteiger partial charge in [0.25, 0.3) is 5.56 Å². The minimum absolute atomic E-state index is 0.0509. The van der Waals surface area contributed by atoms with Crippen molar-refractivity contribution in [3.63, 3.8) is 0 Å². The molecule has 0 radical (unpaired) electrons. The maximum atomic E-state index is 12.3. The van der Waals surface area contributed by atoms with Gasteiger partial charge in [0.1, 0.15) is 0 Å². The van der Waals surface area contributed by atoms with E-state index in [9.17, 15) is 9.59 Å². The van der Waals surface area contributed by atoms with Crippen molar-refractivity contribution in [1.29, 1.82) is 0 Å². The van der Waals surface area contributed by atoms with Gasteiger partial charge in [0, 0.05) is 55.1 Å². The fourth-order valence-corrected chi connectivity index (χ4v) is 2.86. The topological polar surface area (TPSA) is 117 Å². The maximum absolute atomic E-state index is 12.3. The number of anilines is 2. The molecule has 0 aliphatic carbocycles. The summed E-state index contributed by atoms with van der Waals surface area (Å²) in [6.07, 6.45) is 4.07. The molecule has 2 aromatic rings. The minimum Gasteiger partial charge on any atom is -0.369 e. The Labute approximate surface area is 151 Å². The second-order valence-electron chi connectivity index (χ2n) is 7.57. The summed E-state index contributed by atoms with van der Waals surface area (Å²) in [5, 5.41) is 2.98. The lowest BCUT2D eigenvalue weighted by atomic mass is 9.95. The van der Waals surface area contributed by atoms with Crippen molar-refractivity contribution in [2.45, 2.75) is 40.3 Å². The molecule has 2 aromatic heterocycles. The van der Waals surface area contributed by atoms with Gasteiger partial charge < -0.3 is 11.1 Å². The highest BCUT2D eigenvalue weighted by atomic mass is 16.2. The van der Waals surface area contributed by atoms with E-state index in [1.807, 2.05) is 20.8 Å². The summed E-state index contributed by atoms with van der Waals surface area (Å²) in [5.41, 5.74) is 8.00. The molecule has 0 atom stereocenters. The number of carbonyl (C=O) groups is 1. The molecule has 0 saturated carbocycles. The van der Waals surface area contributed by atoms with Gasteiger partial charge >= 0.3 is 0 Å². The van der Waals surface area contributed by atoms with Crippen molar-refractivity contribution in [2.75, 3.05) is 17.6 Å². The summed E-state index contributed by atoms with van der Waals surface area (Å²) in [5.74, 6) is 0.103. The van der Waals surface area contributed by atoms with Gasteiger partial charge in [-0.05, 0) is 6.07 Å². The van der Waals surface area contributed by atoms with Gasteiger partial charge in [-0.15, -0.1) is 0 Å². The quantitative estimate of drug-likeness (QED) is 0.763. The fraction of sp³-hybridized carbons (Fsp3) is 0.444. The molecule has 0 saturated heterocycles. The standard InChI is InChI=1S/C18H24N6O2/c1-18(2,3)16(26)21-13-4-6-20-8-11(13)9-24-7-5-14-12(10-24)15(25)23-17(19)22-14/h4,6,8H,5,7,9-10H2,1-3H3,(H,20,21,26)(H3,19,22,23,25). The molecule has 26 heavy (non-hydrogen) atoms. The van der Waals surface area contributed by atoms with E-state index in [1.54, 1.807) is 18.5 Å². The van der Waals surface area contributed by atoms with E-state index in [4.69, 9.17) is 5.73 Å². The van der Waals surface area contributed by atoms with Crippen LogP contribution in [0.25, 0.3) is 0 Å². The second kappa shape index (κ2) is 6.87. The number of hydrogen-bond donors (Lipinski definition) is 3. The zero-order valence-corrected chi connectivity index (χ0v) is 15.3. The Morgan fingerprint density at radius 1 is 1.42 bits per heavy atom. The van der Waals surface area contributed by atoms with Gasteiger partial charge in [-0.3, -0.25) is 24.5 Å². The van der Waals surface area contributed by atoms with Crippen LogP contribution in [0.1, 0.15) is 37.6 Å². The number of nitrogens with one attached hydrogen (secondary N) is 2. The lowest BCUT2D eigenvalue weighted by molar-refractivity contribution is -0.123. The van der Waals surface area contributed by atoms with Crippen molar-refractivity contribution in [1.82, 2.24) is 19.9 Å².